The number of imidazole rings is 4. The van der Waals surface area contributed by atoms with Crippen molar-refractivity contribution in [2.24, 2.45) is 0 Å². The molecule has 0 spiro atoms. The number of aliphatic hydroxyl groups excluding tert-OH is 1. The molecule has 17 N–H and O–H groups in total. The molecule has 814 valence electrons. The summed E-state index contributed by atoms with van der Waals surface area (Å²) in [6.45, 7) is -14.8. The van der Waals surface area contributed by atoms with E-state index in [9.17, 15) is 53.5 Å². The van der Waals surface area contributed by atoms with Crippen molar-refractivity contribution in [1.29, 1.82) is 0 Å². The summed E-state index contributed by atoms with van der Waals surface area (Å²) in [7, 11) is -4.86. The molecule has 148 heavy (non-hydrogen) atoms. The molecule has 0 amide bonds. The summed E-state index contributed by atoms with van der Waals surface area (Å²) in [6.07, 6.45) is -26.1. The zero-order valence-corrected chi connectivity index (χ0v) is 86.9. The summed E-state index contributed by atoms with van der Waals surface area (Å²) < 4.78 is 197. The maximum Gasteiger partial charge on any atom is 0.472 e. The van der Waals surface area contributed by atoms with Crippen LogP contribution in [0.25, 0.3) is 44.7 Å². The third-order valence-electron chi connectivity index (χ3n) is 24.1. The number of aromatic amines is 3. The second kappa shape index (κ2) is 48.1. The van der Waals surface area contributed by atoms with Crippen LogP contribution in [0.4, 0.5) is 23.4 Å². The van der Waals surface area contributed by atoms with E-state index in [1.165, 1.54) is 99.0 Å². The number of aryl methyl sites for hydroxylation is 3. The van der Waals surface area contributed by atoms with Crippen molar-refractivity contribution in [2.75, 3.05) is 158 Å². The normalized spacial score (nSPS) is 28.9. The van der Waals surface area contributed by atoms with Crippen LogP contribution in [0.1, 0.15) is 74.1 Å². The van der Waals surface area contributed by atoms with Crippen molar-refractivity contribution < 1.29 is 160 Å². The minimum Gasteiger partial charge on any atom is -0.387 e. The quantitative estimate of drug-likeness (QED) is 0.0153. The van der Waals surface area contributed by atoms with Gasteiger partial charge in [-0.05, 0) is 62.6 Å². The van der Waals surface area contributed by atoms with Crippen LogP contribution in [0.15, 0.2) is 74.3 Å². The Morgan fingerprint density at radius 1 is 0.392 bits per heavy atom. The number of phosphoric ester groups is 2. The van der Waals surface area contributed by atoms with Crippen LogP contribution in [0.2, 0.25) is 0 Å². The van der Waals surface area contributed by atoms with Gasteiger partial charge < -0.3 is 151 Å². The maximum atomic E-state index is 15.6. The van der Waals surface area contributed by atoms with Gasteiger partial charge in [0.2, 0.25) is 5.95 Å². The van der Waals surface area contributed by atoms with Crippen LogP contribution in [-0.4, -0.2) is 365 Å². The van der Waals surface area contributed by atoms with Crippen molar-refractivity contribution >= 4 is 139 Å². The number of anilines is 4. The van der Waals surface area contributed by atoms with Gasteiger partial charge in [-0.15, -0.1) is 0 Å². The first-order chi connectivity index (χ1) is 70.6. The summed E-state index contributed by atoms with van der Waals surface area (Å²) in [6, 6.07) is 0. The predicted molar refractivity (Wildman–Crippen MR) is 514 cm³/mol. The summed E-state index contributed by atoms with van der Waals surface area (Å²) >= 11 is 17.3. The number of hydrogen-bond acceptors (Lipinski definition) is 52. The Hall–Kier alpha value is -8.31. The fourth-order valence-electron chi connectivity index (χ4n) is 17.2. The topological polar surface area (TPSA) is 804 Å². The molecule has 6 fully saturated rings. The average molecular weight is 2250 g/mol. The second-order valence-electron chi connectivity index (χ2n) is 33.9. The van der Waals surface area contributed by atoms with Gasteiger partial charge in [-0.3, -0.25) is 78.9 Å². The van der Waals surface area contributed by atoms with Gasteiger partial charge >= 0.3 is 47.2 Å². The number of ether oxygens (including phenoxy) is 16. The number of nitrogen functional groups attached to an aromatic ring is 4. The molecule has 63 nitrogen and oxygen atoms in total. The molecular weight excluding hydrogens is 2140 g/mol. The number of fused-ring (bicyclic) bond motifs is 4. The van der Waals surface area contributed by atoms with E-state index in [4.69, 9.17) is 179 Å². The zero-order valence-electron chi connectivity index (χ0n) is 79.9. The summed E-state index contributed by atoms with van der Waals surface area (Å²) in [4.78, 5) is 182. The number of hydrogen-bond donors (Lipinski definition) is 13. The number of rotatable bonds is 52. The lowest BCUT2D eigenvalue weighted by Crippen LogP contribution is -2.40. The summed E-state index contributed by atoms with van der Waals surface area (Å²) in [5.41, 5.74) is 20.8. The molecule has 0 radical (unpaired) electrons. The molecule has 0 bridgehead atoms. The second-order valence-corrected chi connectivity index (χ2v) is 45.1. The standard InChI is InChI=1S/C77H109N24O39P5S3/c1-10-38-39(21-45(130-38)96-23-36(3)67(103)95-77(96)107)136-143(112,146)128-27-43-52(57(122-18-13-117-7)72(134-43)99-32-87-47-62(80)83-30-85-64(47)99)138-141(108,109)125-25-41-51(56(121-17-12-116-6)71(132-41)98-31-86-46-61(79)82-29-84-63(46)98)137-142(110,111)126-26-42-53(58(123-19-14-118-8)74(133-42)101-34-89-49-66(101)93-75(81)94-69(49)105)139-145(114,148)129-28-44-54(59(124-20-15-119-9)73(135-44)100-33-88-48-65(100)90-37(4)91-68(48)104)140-144(113,147)127-24-40-50(102)55(120-16-11-115-5)70(131-40)97-22-35(2)60(78)92-76(97)106/h22-23,29-34,38-45,50-59,70-74,102H,10-21,24-28H2,1-9H3,(H,108,109)(H,110,111)(H,112,146)(H,113,147)(H,114,148)(H2,78,92,106)(H2,79,82,84)(H2,80,83,85)(H,90,91,104)(H,95,103,107)(H3,81,93,94,105)/t38-,39?,40-,41-,42-,43-,44-,45-,50?,51?,52?,53?,54?,55+,56+,57+,58+,59+,70-,71-,72-,73-,74-,143?,144?,145?/m1/s1. The van der Waals surface area contributed by atoms with E-state index >= 15 is 9.13 Å². The molecule has 16 heterocycles. The Morgan fingerprint density at radius 2 is 0.764 bits per heavy atom. The van der Waals surface area contributed by atoms with E-state index in [-0.39, 0.29) is 152 Å². The van der Waals surface area contributed by atoms with Gasteiger partial charge in [0.25, 0.3) is 16.7 Å². The highest BCUT2D eigenvalue weighted by atomic mass is 32.5. The van der Waals surface area contributed by atoms with E-state index in [0.717, 1.165) is 28.1 Å². The maximum absolute atomic E-state index is 15.6. The zero-order chi connectivity index (χ0) is 106. The lowest BCUT2D eigenvalue weighted by Gasteiger charge is -2.30. The minimum absolute atomic E-state index is 0.0147. The molecule has 10 aromatic heterocycles. The molecule has 28 atom stereocenters. The summed E-state index contributed by atoms with van der Waals surface area (Å²) in [5, 5.41) is 11.9. The molecule has 71 heteroatoms. The van der Waals surface area contributed by atoms with Crippen molar-refractivity contribution in [2.45, 2.75) is 182 Å². The molecular formula is C77H109N24O39P5S3. The first-order valence-electron chi connectivity index (χ1n) is 45.2. The molecule has 16 rings (SSSR count). The number of H-pyrrole nitrogens is 3. The van der Waals surface area contributed by atoms with Crippen molar-refractivity contribution in [3.63, 3.8) is 0 Å². The molecule has 6 aliphatic rings. The number of phosphoric acid groups is 2. The number of methoxy groups -OCH3 is 5. The van der Waals surface area contributed by atoms with E-state index in [0.29, 0.717) is 5.56 Å². The van der Waals surface area contributed by atoms with Crippen LogP contribution in [0.5, 0.6) is 0 Å². The van der Waals surface area contributed by atoms with E-state index in [1.54, 1.807) is 13.8 Å². The number of aromatic nitrogens is 20. The van der Waals surface area contributed by atoms with Crippen LogP contribution < -0.4 is 51.0 Å². The Balaban J connectivity index is 0.699. The highest BCUT2D eigenvalue weighted by molar-refractivity contribution is 8.07. The molecule has 11 unspecified atom stereocenters. The van der Waals surface area contributed by atoms with Crippen LogP contribution in [-0.2, 0) is 166 Å². The number of nitrogens with zero attached hydrogens (tertiary/aromatic N) is 17. The Bertz CT molecular complexity index is 6920. The molecule has 0 aliphatic carbocycles. The van der Waals surface area contributed by atoms with Crippen molar-refractivity contribution in [1.82, 2.24) is 97.2 Å². The van der Waals surface area contributed by atoms with E-state index in [2.05, 4.69) is 69.8 Å². The number of nitrogens with two attached hydrogens (primary N) is 4. The average Bonchev–Trinajstić information content (AvgIpc) is 1.61. The van der Waals surface area contributed by atoms with Gasteiger partial charge in [-0.2, -0.15) is 9.97 Å². The third-order valence-corrected chi connectivity index (χ3v) is 30.8. The predicted octanol–water partition coefficient (Wildman–Crippen LogP) is -1.44. The smallest absolute Gasteiger partial charge is 0.387 e. The molecule has 0 saturated carbocycles. The number of aliphatic hydroxyl groups is 1. The summed E-state index contributed by atoms with van der Waals surface area (Å²) in [5.74, 6) is -0.547. The highest BCUT2D eigenvalue weighted by Gasteiger charge is 2.59. The number of nitrogens with one attached hydrogen (secondary N) is 3. The van der Waals surface area contributed by atoms with Crippen LogP contribution in [0, 0.1) is 20.8 Å². The van der Waals surface area contributed by atoms with Gasteiger partial charge in [-0.25, -0.2) is 63.6 Å². The van der Waals surface area contributed by atoms with Gasteiger partial charge in [0.1, 0.15) is 133 Å². The molecule has 6 aliphatic heterocycles. The van der Waals surface area contributed by atoms with Crippen LogP contribution in [0.3, 0.4) is 0 Å². The molecule has 0 aromatic carbocycles. The largest absolute Gasteiger partial charge is 0.472 e. The first-order valence-corrected chi connectivity index (χ1v) is 56.0. The third kappa shape index (κ3) is 25.5. The lowest BCUT2D eigenvalue weighted by atomic mass is 10.1. The monoisotopic (exact) mass is 2240 g/mol. The van der Waals surface area contributed by atoms with Gasteiger partial charge in [-0.1, -0.05) is 6.92 Å². The lowest BCUT2D eigenvalue weighted by molar-refractivity contribution is -0.0827. The highest BCUT2D eigenvalue weighted by Crippen LogP contribution is 2.58. The van der Waals surface area contributed by atoms with Gasteiger partial charge in [0.15, 0.2) is 76.4 Å². The van der Waals surface area contributed by atoms with Crippen LogP contribution >= 0.6 is 35.8 Å². The van der Waals surface area contributed by atoms with Crippen molar-refractivity contribution in [3.05, 3.63) is 119 Å². The molecule has 6 saturated heterocycles. The first kappa shape index (κ1) is 112. The fourth-order valence-corrected chi connectivity index (χ4v) is 23.5. The Labute approximate surface area is 850 Å². The minimum atomic E-state index is -5.91. The Morgan fingerprint density at radius 3 is 1.20 bits per heavy atom. The molecule has 10 aromatic rings. The van der Waals surface area contributed by atoms with Crippen molar-refractivity contribution in [3.8, 4) is 0 Å². The van der Waals surface area contributed by atoms with E-state index < -0.39 is 244 Å². The van der Waals surface area contributed by atoms with Gasteiger partial charge in [0.05, 0.1) is 137 Å². The van der Waals surface area contributed by atoms with Gasteiger partial charge in [0, 0.05) is 65.5 Å². The Kier molecular flexibility index (Phi) is 36.5. The fraction of sp³-hybridized carbons (Fsp3) is 0.636. The van der Waals surface area contributed by atoms with E-state index in [1.807, 2.05) is 0 Å². The SMILES string of the molecule is CC[C@H]1O[C@@H](n2cc(C)c(=O)[nH]c2=O)CC1OP(O)(=S)OC[C@H]1O[C@@H](n2cnc3c(N)ncnc32)[C@@H](OCCOC)C1OP(=O)(O)OC[C@H]1O[C@@H](n2cnc3c(N)ncnc32)[C@@H](OCCOC)C1OP(=O)(O)OC[C@H]1O[C@@H](n2cnc3c(=O)[nH]c(N)nc32)[C@@H](OCCOC)C1OP(O)(=S)OC[C@H]1O[C@@H](n2cnc3c(=O)[nH]c(C)nc32)[C@@H](OCCOC)C1OP(O)(=S)OC[C@H]1O[C@@H](n2cc(C)c(N)nc2=O)[C@@H](OCCOC)C1O.